The number of hydrogen-bond acceptors (Lipinski definition) is 2. The topological polar surface area (TPSA) is 21.3 Å². The molecule has 0 saturated carbocycles. The molecule has 0 bridgehead atoms. The van der Waals surface area contributed by atoms with Gasteiger partial charge in [0, 0.05) is 12.6 Å². The van der Waals surface area contributed by atoms with Crippen molar-refractivity contribution >= 4 is 0 Å². The fraction of sp³-hybridized carbons (Fsp3) is 1.00. The number of nitrogens with one attached hydrogen (secondary N) is 1. The Kier molecular flexibility index (Phi) is 5.40. The lowest BCUT2D eigenvalue weighted by Gasteiger charge is -2.24. The Morgan fingerprint density at radius 1 is 1.38 bits per heavy atom. The molecule has 13 heavy (non-hydrogen) atoms. The monoisotopic (exact) mass is 185 g/mol. The Morgan fingerprint density at radius 3 is 2.92 bits per heavy atom. The van der Waals surface area contributed by atoms with Gasteiger partial charge in [0.2, 0.25) is 0 Å². The highest BCUT2D eigenvalue weighted by Crippen LogP contribution is 2.14. The number of ether oxygens (including phenoxy) is 1. The standard InChI is InChI=1S/C11H23NO/c1-3-5-7-11-10(4-2)12-8-6-9-13-11/h10-12H,3-9H2,1-2H3. The van der Waals surface area contributed by atoms with E-state index in [1.807, 2.05) is 0 Å². The molecule has 1 heterocycles. The summed E-state index contributed by atoms with van der Waals surface area (Å²) in [6.45, 7) is 6.55. The van der Waals surface area contributed by atoms with Gasteiger partial charge in [-0.3, -0.25) is 0 Å². The van der Waals surface area contributed by atoms with Crippen LogP contribution in [-0.2, 0) is 4.74 Å². The second-order valence-corrected chi connectivity index (χ2v) is 3.87. The highest BCUT2D eigenvalue weighted by Gasteiger charge is 2.21. The van der Waals surface area contributed by atoms with E-state index in [9.17, 15) is 0 Å². The maximum Gasteiger partial charge on any atom is 0.0727 e. The summed E-state index contributed by atoms with van der Waals surface area (Å²) in [4.78, 5) is 0. The molecule has 0 aliphatic carbocycles. The van der Waals surface area contributed by atoms with Crippen molar-refractivity contribution in [3.8, 4) is 0 Å². The van der Waals surface area contributed by atoms with Crippen molar-refractivity contribution in [3.63, 3.8) is 0 Å². The molecule has 0 radical (unpaired) electrons. The summed E-state index contributed by atoms with van der Waals surface area (Å²) in [5.41, 5.74) is 0. The molecule has 2 nitrogen and oxygen atoms in total. The van der Waals surface area contributed by atoms with E-state index in [0.29, 0.717) is 12.1 Å². The van der Waals surface area contributed by atoms with E-state index in [-0.39, 0.29) is 0 Å². The summed E-state index contributed by atoms with van der Waals surface area (Å²) in [7, 11) is 0. The highest BCUT2D eigenvalue weighted by molar-refractivity contribution is 4.78. The molecule has 0 aromatic carbocycles. The molecule has 2 heteroatoms. The Morgan fingerprint density at radius 2 is 2.23 bits per heavy atom. The summed E-state index contributed by atoms with van der Waals surface area (Å²) in [6.07, 6.45) is 6.61. The predicted octanol–water partition coefficient (Wildman–Crippen LogP) is 2.33. The first-order valence-corrected chi connectivity index (χ1v) is 5.73. The first kappa shape index (κ1) is 11.0. The van der Waals surface area contributed by atoms with E-state index in [4.69, 9.17) is 4.74 Å². The van der Waals surface area contributed by atoms with Crippen molar-refractivity contribution < 1.29 is 4.74 Å². The summed E-state index contributed by atoms with van der Waals surface area (Å²) in [6, 6.07) is 0.592. The van der Waals surface area contributed by atoms with Gasteiger partial charge >= 0.3 is 0 Å². The summed E-state index contributed by atoms with van der Waals surface area (Å²) < 4.78 is 5.85. The smallest absolute Gasteiger partial charge is 0.0727 e. The Labute approximate surface area is 82.0 Å². The van der Waals surface area contributed by atoms with Crippen LogP contribution in [0.15, 0.2) is 0 Å². The van der Waals surface area contributed by atoms with Crippen molar-refractivity contribution in [1.82, 2.24) is 5.32 Å². The lowest BCUT2D eigenvalue weighted by atomic mass is 10.0. The van der Waals surface area contributed by atoms with E-state index < -0.39 is 0 Å². The minimum atomic E-state index is 0.465. The van der Waals surface area contributed by atoms with Crippen molar-refractivity contribution in [1.29, 1.82) is 0 Å². The molecule has 1 rings (SSSR count). The highest BCUT2D eigenvalue weighted by atomic mass is 16.5. The van der Waals surface area contributed by atoms with Crippen LogP contribution in [0.25, 0.3) is 0 Å². The minimum Gasteiger partial charge on any atom is -0.377 e. The lowest BCUT2D eigenvalue weighted by molar-refractivity contribution is 0.0347. The zero-order valence-corrected chi connectivity index (χ0v) is 9.01. The third-order valence-corrected chi connectivity index (χ3v) is 2.79. The van der Waals surface area contributed by atoms with Crippen LogP contribution in [-0.4, -0.2) is 25.3 Å². The van der Waals surface area contributed by atoms with Crippen LogP contribution >= 0.6 is 0 Å². The number of rotatable bonds is 4. The van der Waals surface area contributed by atoms with E-state index in [1.54, 1.807) is 0 Å². The fourth-order valence-corrected chi connectivity index (χ4v) is 1.94. The van der Waals surface area contributed by atoms with Crippen LogP contribution in [0.4, 0.5) is 0 Å². The molecule has 1 aliphatic heterocycles. The quantitative estimate of drug-likeness (QED) is 0.726. The van der Waals surface area contributed by atoms with Gasteiger partial charge in [-0.15, -0.1) is 0 Å². The summed E-state index contributed by atoms with van der Waals surface area (Å²) in [5.74, 6) is 0. The molecule has 0 aromatic rings. The Bertz CT molecular complexity index is 127. The second kappa shape index (κ2) is 6.39. The number of unbranched alkanes of at least 4 members (excludes halogenated alkanes) is 1. The molecule has 0 amide bonds. The molecule has 1 saturated heterocycles. The molecule has 0 aromatic heterocycles. The molecular formula is C11H23NO. The third kappa shape index (κ3) is 3.65. The van der Waals surface area contributed by atoms with Gasteiger partial charge in [-0.1, -0.05) is 26.7 Å². The molecule has 0 spiro atoms. The average molecular weight is 185 g/mol. The molecular weight excluding hydrogens is 162 g/mol. The average Bonchev–Trinajstić information content (AvgIpc) is 2.39. The third-order valence-electron chi connectivity index (χ3n) is 2.79. The summed E-state index contributed by atoms with van der Waals surface area (Å²) in [5, 5.41) is 3.57. The zero-order valence-electron chi connectivity index (χ0n) is 9.01. The van der Waals surface area contributed by atoms with Gasteiger partial charge in [-0.05, 0) is 25.8 Å². The van der Waals surface area contributed by atoms with E-state index in [1.165, 1.54) is 32.1 Å². The maximum absolute atomic E-state index is 5.85. The molecule has 1 N–H and O–H groups in total. The SMILES string of the molecule is CCCCC1OCCCNC1CC. The van der Waals surface area contributed by atoms with Crippen LogP contribution < -0.4 is 5.32 Å². The van der Waals surface area contributed by atoms with Gasteiger partial charge in [0.05, 0.1) is 6.10 Å². The van der Waals surface area contributed by atoms with Gasteiger partial charge < -0.3 is 10.1 Å². The first-order chi connectivity index (χ1) is 6.38. The Hall–Kier alpha value is -0.0800. The van der Waals surface area contributed by atoms with Crippen LogP contribution in [0.1, 0.15) is 46.0 Å². The van der Waals surface area contributed by atoms with Crippen LogP contribution in [0.3, 0.4) is 0 Å². The van der Waals surface area contributed by atoms with E-state index in [0.717, 1.165) is 13.2 Å². The first-order valence-electron chi connectivity index (χ1n) is 5.73. The normalized spacial score (nSPS) is 30.0. The summed E-state index contributed by atoms with van der Waals surface area (Å²) >= 11 is 0. The molecule has 2 unspecified atom stereocenters. The van der Waals surface area contributed by atoms with Gasteiger partial charge in [0.15, 0.2) is 0 Å². The van der Waals surface area contributed by atoms with Crippen molar-refractivity contribution in [2.24, 2.45) is 0 Å². The fourth-order valence-electron chi connectivity index (χ4n) is 1.94. The van der Waals surface area contributed by atoms with Crippen molar-refractivity contribution in [2.45, 2.75) is 58.1 Å². The van der Waals surface area contributed by atoms with Gasteiger partial charge in [0.1, 0.15) is 0 Å². The van der Waals surface area contributed by atoms with Gasteiger partial charge in [-0.2, -0.15) is 0 Å². The van der Waals surface area contributed by atoms with E-state index >= 15 is 0 Å². The zero-order chi connectivity index (χ0) is 9.52. The molecule has 78 valence electrons. The van der Waals surface area contributed by atoms with Crippen molar-refractivity contribution in [2.75, 3.05) is 13.2 Å². The molecule has 1 fully saturated rings. The van der Waals surface area contributed by atoms with Crippen LogP contribution in [0, 0.1) is 0 Å². The van der Waals surface area contributed by atoms with Gasteiger partial charge in [-0.25, -0.2) is 0 Å². The predicted molar refractivity (Wildman–Crippen MR) is 56.0 cm³/mol. The van der Waals surface area contributed by atoms with Crippen molar-refractivity contribution in [3.05, 3.63) is 0 Å². The second-order valence-electron chi connectivity index (χ2n) is 3.87. The Balaban J connectivity index is 2.34. The van der Waals surface area contributed by atoms with Crippen LogP contribution in [0.2, 0.25) is 0 Å². The van der Waals surface area contributed by atoms with E-state index in [2.05, 4.69) is 19.2 Å². The van der Waals surface area contributed by atoms with Crippen LogP contribution in [0.5, 0.6) is 0 Å². The maximum atomic E-state index is 5.85. The minimum absolute atomic E-state index is 0.465. The molecule has 1 aliphatic rings. The largest absolute Gasteiger partial charge is 0.377 e. The molecule has 2 atom stereocenters. The lowest BCUT2D eigenvalue weighted by Crippen LogP contribution is -2.38. The van der Waals surface area contributed by atoms with Gasteiger partial charge in [0.25, 0.3) is 0 Å². The number of hydrogen-bond donors (Lipinski definition) is 1.